The van der Waals surface area contributed by atoms with E-state index >= 15 is 0 Å². The van der Waals surface area contributed by atoms with Crippen LogP contribution in [-0.4, -0.2) is 56.2 Å². The van der Waals surface area contributed by atoms with Crippen molar-refractivity contribution < 1.29 is 4.79 Å². The number of hydrogen-bond donors (Lipinski definition) is 3. The van der Waals surface area contributed by atoms with Gasteiger partial charge in [0.25, 0.3) is 0 Å². The van der Waals surface area contributed by atoms with Crippen molar-refractivity contribution in [2.24, 2.45) is 0 Å². The number of urea groups is 1. The van der Waals surface area contributed by atoms with E-state index in [0.717, 1.165) is 45.7 Å². The summed E-state index contributed by atoms with van der Waals surface area (Å²) in [4.78, 5) is 14.4. The fourth-order valence-electron chi connectivity index (χ4n) is 4.43. The predicted octanol–water partition coefficient (Wildman–Crippen LogP) is 5.84. The maximum Gasteiger partial charge on any atom is 0.314 e. The van der Waals surface area contributed by atoms with Crippen LogP contribution in [0.15, 0.2) is 0 Å². The van der Waals surface area contributed by atoms with Crippen molar-refractivity contribution in [1.29, 1.82) is 0 Å². The molecule has 1 atom stereocenters. The lowest BCUT2D eigenvalue weighted by molar-refractivity contribution is 0.179. The molecule has 0 radical (unpaired) electrons. The van der Waals surface area contributed by atoms with Gasteiger partial charge in [-0.05, 0) is 13.3 Å². The van der Waals surface area contributed by atoms with Crippen LogP contribution in [0.25, 0.3) is 0 Å². The Hall–Kier alpha value is -0.810. The molecule has 31 heavy (non-hydrogen) atoms. The van der Waals surface area contributed by atoms with Gasteiger partial charge in [-0.2, -0.15) is 0 Å². The number of rotatable bonds is 20. The summed E-state index contributed by atoms with van der Waals surface area (Å²) in [6.07, 6.45) is 22.1. The molecule has 5 nitrogen and oxygen atoms in total. The van der Waals surface area contributed by atoms with Crippen LogP contribution in [-0.2, 0) is 0 Å². The molecule has 0 bridgehead atoms. The lowest BCUT2D eigenvalue weighted by atomic mass is 10.0. The molecule has 0 saturated carbocycles. The lowest BCUT2D eigenvalue weighted by Gasteiger charge is -2.32. The van der Waals surface area contributed by atoms with Crippen LogP contribution in [0.1, 0.15) is 117 Å². The van der Waals surface area contributed by atoms with Crippen LogP contribution in [0, 0.1) is 0 Å². The fourth-order valence-corrected chi connectivity index (χ4v) is 4.43. The fraction of sp³-hybridized carbons (Fsp3) is 0.962. The minimum absolute atomic E-state index is 0.0112. The quantitative estimate of drug-likeness (QED) is 0.209. The van der Waals surface area contributed by atoms with E-state index in [9.17, 15) is 4.79 Å². The average molecular weight is 439 g/mol. The number of carbonyl (C=O) groups excluding carboxylic acids is 1. The highest BCUT2D eigenvalue weighted by molar-refractivity contribution is 5.73. The molecule has 0 aliphatic carbocycles. The molecule has 1 rings (SSSR count). The van der Waals surface area contributed by atoms with Crippen LogP contribution >= 0.6 is 0 Å². The number of carbonyl (C=O) groups is 1. The zero-order valence-electron chi connectivity index (χ0n) is 21.0. The minimum atomic E-state index is -0.0112. The van der Waals surface area contributed by atoms with Crippen LogP contribution in [0.2, 0.25) is 0 Å². The first-order chi connectivity index (χ1) is 15.2. The molecule has 0 aromatic rings. The van der Waals surface area contributed by atoms with E-state index < -0.39 is 0 Å². The standard InChI is InChI=1S/C26H54N4O/c1-3-4-5-6-7-8-9-10-11-12-13-14-15-16-17-18-19-28-26(31)29-24-25(2)30-22-20-27-21-23-30/h25,27H,3-24H2,1-2H3,(H2,28,29,31). The van der Waals surface area contributed by atoms with E-state index in [1.165, 1.54) is 96.3 Å². The van der Waals surface area contributed by atoms with Gasteiger partial charge < -0.3 is 16.0 Å². The minimum Gasteiger partial charge on any atom is -0.338 e. The summed E-state index contributed by atoms with van der Waals surface area (Å²) < 4.78 is 0. The molecule has 2 amide bonds. The number of piperazine rings is 1. The summed E-state index contributed by atoms with van der Waals surface area (Å²) in [5.74, 6) is 0. The summed E-state index contributed by atoms with van der Waals surface area (Å²) in [6.45, 7) is 10.3. The van der Waals surface area contributed by atoms with Crippen molar-refractivity contribution in [3.8, 4) is 0 Å². The molecule has 1 fully saturated rings. The van der Waals surface area contributed by atoms with Crippen molar-refractivity contribution in [3.63, 3.8) is 0 Å². The van der Waals surface area contributed by atoms with Crippen LogP contribution in [0.4, 0.5) is 4.79 Å². The van der Waals surface area contributed by atoms with Gasteiger partial charge in [0.15, 0.2) is 0 Å². The van der Waals surface area contributed by atoms with Crippen LogP contribution in [0.3, 0.4) is 0 Å². The molecular weight excluding hydrogens is 384 g/mol. The van der Waals surface area contributed by atoms with Gasteiger partial charge in [0, 0.05) is 45.3 Å². The third-order valence-corrected chi connectivity index (χ3v) is 6.65. The van der Waals surface area contributed by atoms with Gasteiger partial charge in [0.1, 0.15) is 0 Å². The van der Waals surface area contributed by atoms with Crippen molar-refractivity contribution in [1.82, 2.24) is 20.9 Å². The van der Waals surface area contributed by atoms with E-state index in [1.54, 1.807) is 0 Å². The molecule has 1 aliphatic heterocycles. The van der Waals surface area contributed by atoms with Crippen molar-refractivity contribution in [2.75, 3.05) is 39.3 Å². The van der Waals surface area contributed by atoms with E-state index in [4.69, 9.17) is 0 Å². The molecule has 0 spiro atoms. The molecule has 0 aromatic heterocycles. The molecule has 184 valence electrons. The maximum atomic E-state index is 11.9. The van der Waals surface area contributed by atoms with Crippen molar-refractivity contribution >= 4 is 6.03 Å². The highest BCUT2D eigenvalue weighted by Gasteiger charge is 2.16. The second-order valence-corrected chi connectivity index (χ2v) is 9.58. The number of nitrogens with one attached hydrogen (secondary N) is 3. The first-order valence-electron chi connectivity index (χ1n) is 13.7. The van der Waals surface area contributed by atoms with Gasteiger partial charge in [0.05, 0.1) is 0 Å². The molecule has 3 N–H and O–H groups in total. The molecule has 1 heterocycles. The second-order valence-electron chi connectivity index (χ2n) is 9.58. The van der Waals surface area contributed by atoms with Crippen molar-refractivity contribution in [2.45, 2.75) is 123 Å². The monoisotopic (exact) mass is 438 g/mol. The largest absolute Gasteiger partial charge is 0.338 e. The summed E-state index contributed by atoms with van der Waals surface area (Å²) in [5.41, 5.74) is 0. The first kappa shape index (κ1) is 28.2. The third kappa shape index (κ3) is 17.4. The highest BCUT2D eigenvalue weighted by atomic mass is 16.2. The summed E-state index contributed by atoms with van der Waals surface area (Å²) >= 11 is 0. The topological polar surface area (TPSA) is 56.4 Å². The zero-order valence-corrected chi connectivity index (χ0v) is 21.0. The molecule has 1 saturated heterocycles. The maximum absolute atomic E-state index is 11.9. The molecule has 1 unspecified atom stereocenters. The Bertz CT molecular complexity index is 399. The van der Waals surface area contributed by atoms with E-state index in [1.807, 2.05) is 0 Å². The normalized spacial score (nSPS) is 15.7. The van der Waals surface area contributed by atoms with Gasteiger partial charge in [-0.1, -0.05) is 103 Å². The van der Waals surface area contributed by atoms with E-state index in [2.05, 4.69) is 34.7 Å². The predicted molar refractivity (Wildman–Crippen MR) is 135 cm³/mol. The van der Waals surface area contributed by atoms with Gasteiger partial charge in [0.2, 0.25) is 0 Å². The molecular formula is C26H54N4O. The summed E-state index contributed by atoms with van der Waals surface area (Å²) in [6, 6.07) is 0.395. The van der Waals surface area contributed by atoms with Gasteiger partial charge in [-0.3, -0.25) is 4.90 Å². The highest BCUT2D eigenvalue weighted by Crippen LogP contribution is 2.13. The zero-order chi connectivity index (χ0) is 22.4. The Morgan fingerprint density at radius 3 is 1.68 bits per heavy atom. The van der Waals surface area contributed by atoms with Gasteiger partial charge in [-0.15, -0.1) is 0 Å². The number of nitrogens with zero attached hydrogens (tertiary/aromatic N) is 1. The average Bonchev–Trinajstić information content (AvgIpc) is 2.80. The first-order valence-corrected chi connectivity index (χ1v) is 13.7. The second kappa shape index (κ2) is 21.1. The van der Waals surface area contributed by atoms with Gasteiger partial charge in [-0.25, -0.2) is 4.79 Å². The lowest BCUT2D eigenvalue weighted by Crippen LogP contribution is -2.51. The number of amides is 2. The van der Waals surface area contributed by atoms with Crippen LogP contribution < -0.4 is 16.0 Å². The number of hydrogen-bond acceptors (Lipinski definition) is 3. The summed E-state index contributed by atoms with van der Waals surface area (Å²) in [7, 11) is 0. The Morgan fingerprint density at radius 1 is 0.742 bits per heavy atom. The Labute approximate surface area is 193 Å². The van der Waals surface area contributed by atoms with Crippen LogP contribution in [0.5, 0.6) is 0 Å². The molecule has 5 heteroatoms. The van der Waals surface area contributed by atoms with Crippen molar-refractivity contribution in [3.05, 3.63) is 0 Å². The smallest absolute Gasteiger partial charge is 0.314 e. The summed E-state index contributed by atoms with van der Waals surface area (Å²) in [5, 5.41) is 9.40. The SMILES string of the molecule is CCCCCCCCCCCCCCCCCCNC(=O)NCC(C)N1CCNCC1. The Morgan fingerprint density at radius 2 is 1.19 bits per heavy atom. The third-order valence-electron chi connectivity index (χ3n) is 6.65. The van der Waals surface area contributed by atoms with E-state index in [0.29, 0.717) is 6.04 Å². The van der Waals surface area contributed by atoms with E-state index in [-0.39, 0.29) is 6.03 Å². The molecule has 0 aromatic carbocycles. The Balaban J connectivity index is 1.75. The number of unbranched alkanes of at least 4 members (excludes halogenated alkanes) is 15. The van der Waals surface area contributed by atoms with Gasteiger partial charge >= 0.3 is 6.03 Å². The molecule has 1 aliphatic rings. The Kier molecular flexibility index (Phi) is 19.2.